The van der Waals surface area contributed by atoms with E-state index in [9.17, 15) is 14.7 Å². The number of nitrogens with zero attached hydrogens (tertiary/aromatic N) is 1. The third kappa shape index (κ3) is 6.63. The minimum Gasteiger partial charge on any atom is -0.383 e. The molecule has 1 aromatic carbocycles. The minimum absolute atomic E-state index is 0.0166. The van der Waals surface area contributed by atoms with Crippen LogP contribution in [0.1, 0.15) is 27.9 Å². The van der Waals surface area contributed by atoms with Gasteiger partial charge in [-0.15, -0.1) is 0 Å². The number of aliphatic hydroxyl groups excluding tert-OH is 1. The highest BCUT2D eigenvalue weighted by Crippen LogP contribution is 2.03. The van der Waals surface area contributed by atoms with Crippen LogP contribution in [0.4, 0.5) is 0 Å². The molecule has 0 aliphatic carbocycles. The number of carbonyl (C=O) groups is 2. The molecule has 0 saturated carbocycles. The van der Waals surface area contributed by atoms with Crippen LogP contribution in [0.15, 0.2) is 48.8 Å². The molecule has 0 aliphatic heterocycles. The second kappa shape index (κ2) is 10.4. The summed E-state index contributed by atoms with van der Waals surface area (Å²) in [5.74, 6) is 9.96. The van der Waals surface area contributed by atoms with Crippen molar-refractivity contribution in [2.75, 3.05) is 6.54 Å². The molecule has 7 heteroatoms. The van der Waals surface area contributed by atoms with E-state index in [-0.39, 0.29) is 18.9 Å². The Labute approximate surface area is 156 Å². The average Bonchev–Trinajstić information content (AvgIpc) is 2.71. The van der Waals surface area contributed by atoms with Gasteiger partial charge in [0.05, 0.1) is 0 Å². The third-order valence-corrected chi connectivity index (χ3v) is 3.40. The first-order chi connectivity index (χ1) is 13.1. The molecule has 2 amide bonds. The van der Waals surface area contributed by atoms with Gasteiger partial charge < -0.3 is 10.4 Å². The van der Waals surface area contributed by atoms with E-state index in [2.05, 4.69) is 34.0 Å². The molecule has 1 unspecified atom stereocenters. The lowest BCUT2D eigenvalue weighted by Crippen LogP contribution is -2.35. The lowest BCUT2D eigenvalue weighted by Gasteiger charge is -2.09. The number of pyridine rings is 1. The first kappa shape index (κ1) is 19.7. The van der Waals surface area contributed by atoms with Crippen LogP contribution in [-0.4, -0.2) is 39.8 Å². The molecular formula is C20H17N3O4. The van der Waals surface area contributed by atoms with Gasteiger partial charge in [-0.1, -0.05) is 11.8 Å². The highest BCUT2D eigenvalue weighted by atomic mass is 16.5. The van der Waals surface area contributed by atoms with E-state index in [4.69, 9.17) is 5.21 Å². The lowest BCUT2D eigenvalue weighted by molar-refractivity contribution is -0.138. The average molecular weight is 363 g/mol. The van der Waals surface area contributed by atoms with E-state index in [1.807, 2.05) is 6.07 Å². The molecular weight excluding hydrogens is 346 g/mol. The van der Waals surface area contributed by atoms with Crippen LogP contribution in [0, 0.1) is 23.7 Å². The maximum absolute atomic E-state index is 12.0. The molecule has 0 saturated heterocycles. The maximum atomic E-state index is 12.0. The largest absolute Gasteiger partial charge is 0.383 e. The molecule has 0 bridgehead atoms. The van der Waals surface area contributed by atoms with Crippen molar-refractivity contribution in [1.82, 2.24) is 15.8 Å². The van der Waals surface area contributed by atoms with E-state index >= 15 is 0 Å². The molecule has 0 radical (unpaired) electrons. The van der Waals surface area contributed by atoms with Gasteiger partial charge >= 0.3 is 0 Å². The molecule has 136 valence electrons. The minimum atomic E-state index is -1.39. The first-order valence-electron chi connectivity index (χ1n) is 8.02. The zero-order valence-electron chi connectivity index (χ0n) is 14.3. The van der Waals surface area contributed by atoms with Gasteiger partial charge in [0.15, 0.2) is 0 Å². The number of aromatic nitrogens is 1. The molecule has 0 aliphatic rings. The first-order valence-corrected chi connectivity index (χ1v) is 8.02. The number of hydroxylamine groups is 1. The Balaban J connectivity index is 1.86. The second-order valence-electron chi connectivity index (χ2n) is 5.36. The predicted octanol–water partition coefficient (Wildman–Crippen LogP) is 0.471. The Morgan fingerprint density at radius 1 is 1.07 bits per heavy atom. The summed E-state index contributed by atoms with van der Waals surface area (Å²) < 4.78 is 0. The fourth-order valence-electron chi connectivity index (χ4n) is 1.98. The van der Waals surface area contributed by atoms with Gasteiger partial charge in [0.1, 0.15) is 6.10 Å². The van der Waals surface area contributed by atoms with E-state index in [1.54, 1.807) is 42.7 Å². The summed E-state index contributed by atoms with van der Waals surface area (Å²) in [5, 5.41) is 20.3. The van der Waals surface area contributed by atoms with E-state index < -0.39 is 12.0 Å². The summed E-state index contributed by atoms with van der Waals surface area (Å²) in [6, 6.07) is 10.3. The topological polar surface area (TPSA) is 112 Å². The van der Waals surface area contributed by atoms with Crippen LogP contribution in [-0.2, 0) is 4.79 Å². The summed E-state index contributed by atoms with van der Waals surface area (Å²) in [5.41, 5.74) is 3.25. The Morgan fingerprint density at radius 3 is 2.41 bits per heavy atom. The Bertz CT molecular complexity index is 903. The van der Waals surface area contributed by atoms with Crippen molar-refractivity contribution in [3.05, 3.63) is 65.5 Å². The van der Waals surface area contributed by atoms with E-state index in [1.165, 1.54) is 5.48 Å². The van der Waals surface area contributed by atoms with Crippen molar-refractivity contribution in [1.29, 1.82) is 0 Å². The molecule has 2 rings (SSSR count). The highest BCUT2D eigenvalue weighted by molar-refractivity contribution is 5.94. The number of amides is 2. The highest BCUT2D eigenvalue weighted by Gasteiger charge is 2.14. The van der Waals surface area contributed by atoms with E-state index in [0.29, 0.717) is 11.1 Å². The SMILES string of the molecule is O=C(NCCC(O)C(=O)NO)c1ccc(C#CC#Cc2cccnc2)cc1. The number of benzene rings is 1. The molecule has 4 N–H and O–H groups in total. The van der Waals surface area contributed by atoms with Crippen molar-refractivity contribution in [3.8, 4) is 23.7 Å². The maximum Gasteiger partial charge on any atom is 0.272 e. The number of aliphatic hydroxyl groups is 1. The fraction of sp³-hybridized carbons (Fsp3) is 0.150. The van der Waals surface area contributed by atoms with Crippen LogP contribution < -0.4 is 10.8 Å². The zero-order valence-corrected chi connectivity index (χ0v) is 14.3. The molecule has 1 atom stereocenters. The molecule has 0 fully saturated rings. The van der Waals surface area contributed by atoms with Crippen molar-refractivity contribution in [2.24, 2.45) is 0 Å². The van der Waals surface area contributed by atoms with Crippen LogP contribution in [0.3, 0.4) is 0 Å². The standard InChI is InChI=1S/C20H17N3O4/c24-18(20(26)23-27)11-13-22-19(25)17-9-7-15(8-10-17)4-1-2-5-16-6-3-12-21-14-16/h3,6-10,12,14,18,24,27H,11,13H2,(H,22,25)(H,23,26). The number of hydrogen-bond donors (Lipinski definition) is 4. The predicted molar refractivity (Wildman–Crippen MR) is 97.3 cm³/mol. The van der Waals surface area contributed by atoms with Gasteiger partial charge in [0, 0.05) is 35.6 Å². The van der Waals surface area contributed by atoms with Crippen LogP contribution in [0.25, 0.3) is 0 Å². The zero-order chi connectivity index (χ0) is 19.5. The van der Waals surface area contributed by atoms with Crippen LogP contribution >= 0.6 is 0 Å². The number of hydrogen-bond acceptors (Lipinski definition) is 5. The summed E-state index contributed by atoms with van der Waals surface area (Å²) in [4.78, 5) is 26.9. The summed E-state index contributed by atoms with van der Waals surface area (Å²) >= 11 is 0. The molecule has 1 heterocycles. The van der Waals surface area contributed by atoms with E-state index in [0.717, 1.165) is 5.56 Å². The van der Waals surface area contributed by atoms with Crippen LogP contribution in [0.2, 0.25) is 0 Å². The number of rotatable bonds is 5. The third-order valence-electron chi connectivity index (χ3n) is 3.40. The quantitative estimate of drug-likeness (QED) is 0.351. The molecule has 27 heavy (non-hydrogen) atoms. The second-order valence-corrected chi connectivity index (χ2v) is 5.36. The Kier molecular flexibility index (Phi) is 7.55. The smallest absolute Gasteiger partial charge is 0.272 e. The Morgan fingerprint density at radius 2 is 1.78 bits per heavy atom. The Hall–Kier alpha value is -3.65. The summed E-state index contributed by atoms with van der Waals surface area (Å²) in [7, 11) is 0. The monoisotopic (exact) mass is 363 g/mol. The van der Waals surface area contributed by atoms with Gasteiger partial charge in [0.25, 0.3) is 11.8 Å². The molecule has 0 spiro atoms. The van der Waals surface area contributed by atoms with Gasteiger partial charge in [-0.3, -0.25) is 19.8 Å². The molecule has 7 nitrogen and oxygen atoms in total. The van der Waals surface area contributed by atoms with Crippen molar-refractivity contribution in [2.45, 2.75) is 12.5 Å². The van der Waals surface area contributed by atoms with Gasteiger partial charge in [-0.25, -0.2) is 5.48 Å². The normalized spacial score (nSPS) is 10.4. The van der Waals surface area contributed by atoms with Gasteiger partial charge in [-0.2, -0.15) is 0 Å². The van der Waals surface area contributed by atoms with Gasteiger partial charge in [0.2, 0.25) is 0 Å². The number of carbonyl (C=O) groups excluding carboxylic acids is 2. The summed E-state index contributed by atoms with van der Waals surface area (Å²) in [6.45, 7) is 0.0823. The van der Waals surface area contributed by atoms with Crippen molar-refractivity contribution in [3.63, 3.8) is 0 Å². The van der Waals surface area contributed by atoms with Crippen LogP contribution in [0.5, 0.6) is 0 Å². The van der Waals surface area contributed by atoms with Crippen molar-refractivity contribution < 1.29 is 19.9 Å². The molecule has 2 aromatic rings. The van der Waals surface area contributed by atoms with Gasteiger partial charge in [-0.05, 0) is 54.7 Å². The molecule has 1 aromatic heterocycles. The lowest BCUT2D eigenvalue weighted by atomic mass is 10.1. The van der Waals surface area contributed by atoms with Crippen molar-refractivity contribution >= 4 is 11.8 Å². The summed E-state index contributed by atoms with van der Waals surface area (Å²) in [6.07, 6.45) is 1.91. The number of nitrogens with one attached hydrogen (secondary N) is 2. The fourth-order valence-corrected chi connectivity index (χ4v) is 1.98.